The summed E-state index contributed by atoms with van der Waals surface area (Å²) in [6.45, 7) is 3.69. The molecule has 0 bridgehead atoms. The maximum Gasteiger partial charge on any atom is 0.251 e. The number of H-pyrrole nitrogens is 1. The number of hydrogen-bond acceptors (Lipinski definition) is 2. The molecule has 0 aliphatic heterocycles. The summed E-state index contributed by atoms with van der Waals surface area (Å²) >= 11 is 5.98. The molecular formula is C20H15ClFN3O. The van der Waals surface area contributed by atoms with Crippen molar-refractivity contribution in [2.45, 2.75) is 13.8 Å². The lowest BCUT2D eigenvalue weighted by Crippen LogP contribution is -2.10. The minimum atomic E-state index is -0.314. The van der Waals surface area contributed by atoms with Gasteiger partial charge in [0.25, 0.3) is 5.56 Å². The fourth-order valence-corrected chi connectivity index (χ4v) is 3.35. The highest BCUT2D eigenvalue weighted by atomic mass is 35.5. The van der Waals surface area contributed by atoms with Crippen LogP contribution in [0, 0.1) is 19.7 Å². The highest BCUT2D eigenvalue weighted by molar-refractivity contribution is 6.30. The van der Waals surface area contributed by atoms with Gasteiger partial charge in [-0.1, -0.05) is 23.7 Å². The van der Waals surface area contributed by atoms with Crippen LogP contribution in [0.15, 0.2) is 53.3 Å². The van der Waals surface area contributed by atoms with E-state index in [1.807, 2.05) is 26.0 Å². The molecule has 0 atom stereocenters. The van der Waals surface area contributed by atoms with Gasteiger partial charge in [0.2, 0.25) is 0 Å². The highest BCUT2D eigenvalue weighted by Crippen LogP contribution is 2.31. The zero-order valence-corrected chi connectivity index (χ0v) is 14.9. The number of aromatic nitrogens is 3. The molecule has 0 spiro atoms. The van der Waals surface area contributed by atoms with Crippen molar-refractivity contribution in [3.63, 3.8) is 0 Å². The van der Waals surface area contributed by atoms with Gasteiger partial charge < -0.3 is 4.98 Å². The summed E-state index contributed by atoms with van der Waals surface area (Å²) in [4.78, 5) is 15.2. The molecule has 6 heteroatoms. The number of fused-ring (bicyclic) bond motifs is 1. The molecule has 0 amide bonds. The van der Waals surface area contributed by atoms with Gasteiger partial charge in [-0.3, -0.25) is 4.79 Å². The van der Waals surface area contributed by atoms with Crippen LogP contribution < -0.4 is 5.56 Å². The number of hydrogen-bond donors (Lipinski definition) is 1. The van der Waals surface area contributed by atoms with Crippen molar-refractivity contribution in [1.82, 2.24) is 14.6 Å². The summed E-state index contributed by atoms with van der Waals surface area (Å²) in [6.07, 6.45) is 0. The molecule has 4 nitrogen and oxygen atoms in total. The molecule has 1 N–H and O–H groups in total. The average molecular weight is 368 g/mol. The van der Waals surface area contributed by atoms with Gasteiger partial charge >= 0.3 is 0 Å². The molecule has 0 radical (unpaired) electrons. The van der Waals surface area contributed by atoms with E-state index in [-0.39, 0.29) is 11.4 Å². The summed E-state index contributed by atoms with van der Waals surface area (Å²) in [5, 5.41) is 5.25. The Morgan fingerprint density at radius 3 is 2.50 bits per heavy atom. The lowest BCUT2D eigenvalue weighted by atomic mass is 10.0. The Hall–Kier alpha value is -2.92. The first kappa shape index (κ1) is 16.5. The molecule has 130 valence electrons. The third-order valence-electron chi connectivity index (χ3n) is 4.40. The van der Waals surface area contributed by atoms with Gasteiger partial charge in [0, 0.05) is 22.2 Å². The van der Waals surface area contributed by atoms with E-state index in [1.165, 1.54) is 18.2 Å². The van der Waals surface area contributed by atoms with Gasteiger partial charge in [0.15, 0.2) is 0 Å². The van der Waals surface area contributed by atoms with Crippen LogP contribution in [-0.2, 0) is 0 Å². The van der Waals surface area contributed by atoms with Crippen LogP contribution in [0.25, 0.3) is 28.0 Å². The lowest BCUT2D eigenvalue weighted by molar-refractivity contribution is 0.627. The molecule has 2 aromatic heterocycles. The Morgan fingerprint density at radius 2 is 1.81 bits per heavy atom. The van der Waals surface area contributed by atoms with Crippen LogP contribution in [0.5, 0.6) is 0 Å². The number of aryl methyl sites for hydroxylation is 2. The lowest BCUT2D eigenvalue weighted by Gasteiger charge is -2.08. The minimum Gasteiger partial charge on any atom is -0.306 e. The van der Waals surface area contributed by atoms with Crippen LogP contribution in [-0.4, -0.2) is 14.6 Å². The molecule has 26 heavy (non-hydrogen) atoms. The van der Waals surface area contributed by atoms with Crippen molar-refractivity contribution in [1.29, 1.82) is 0 Å². The van der Waals surface area contributed by atoms with Gasteiger partial charge in [0.05, 0.1) is 11.4 Å². The van der Waals surface area contributed by atoms with Crippen molar-refractivity contribution in [3.05, 3.63) is 81.0 Å². The molecule has 4 aromatic rings. The molecule has 0 aliphatic carbocycles. The minimum absolute atomic E-state index is 0.244. The number of halogens is 2. The van der Waals surface area contributed by atoms with E-state index in [1.54, 1.807) is 22.7 Å². The van der Waals surface area contributed by atoms with E-state index >= 15 is 0 Å². The van der Waals surface area contributed by atoms with Gasteiger partial charge in [-0.05, 0) is 55.3 Å². The molecular weight excluding hydrogens is 353 g/mol. The van der Waals surface area contributed by atoms with Crippen LogP contribution >= 0.6 is 11.6 Å². The van der Waals surface area contributed by atoms with Crippen LogP contribution in [0.3, 0.4) is 0 Å². The van der Waals surface area contributed by atoms with Crippen LogP contribution in [0.4, 0.5) is 4.39 Å². The van der Waals surface area contributed by atoms with Gasteiger partial charge in [0.1, 0.15) is 11.5 Å². The Balaban J connectivity index is 2.04. The number of nitrogens with zero attached hydrogens (tertiary/aromatic N) is 2. The second-order valence-electron chi connectivity index (χ2n) is 6.21. The molecule has 4 rings (SSSR count). The molecule has 2 aromatic carbocycles. The second-order valence-corrected chi connectivity index (χ2v) is 6.64. The van der Waals surface area contributed by atoms with E-state index in [2.05, 4.69) is 10.1 Å². The zero-order valence-electron chi connectivity index (χ0n) is 14.2. The largest absolute Gasteiger partial charge is 0.306 e. The van der Waals surface area contributed by atoms with E-state index < -0.39 is 0 Å². The van der Waals surface area contributed by atoms with Crippen molar-refractivity contribution < 1.29 is 4.39 Å². The van der Waals surface area contributed by atoms with Crippen LogP contribution in [0.1, 0.15) is 11.3 Å². The van der Waals surface area contributed by atoms with Crippen LogP contribution in [0.2, 0.25) is 5.02 Å². The molecule has 0 fully saturated rings. The van der Waals surface area contributed by atoms with E-state index in [9.17, 15) is 9.18 Å². The summed E-state index contributed by atoms with van der Waals surface area (Å²) < 4.78 is 15.2. The molecule has 0 unspecified atom stereocenters. The maximum absolute atomic E-state index is 13.5. The summed E-state index contributed by atoms with van der Waals surface area (Å²) in [7, 11) is 0. The molecule has 0 aliphatic rings. The number of rotatable bonds is 2. The predicted molar refractivity (Wildman–Crippen MR) is 101 cm³/mol. The van der Waals surface area contributed by atoms with E-state index in [4.69, 9.17) is 11.6 Å². The van der Waals surface area contributed by atoms with Crippen molar-refractivity contribution >= 4 is 17.2 Å². The smallest absolute Gasteiger partial charge is 0.251 e. The quantitative estimate of drug-likeness (QED) is 0.555. The standard InChI is InChI=1S/C20H15ClFN3O/c1-11-9-15(22)7-8-16(11)17-10-18(26)23-20-19(12(2)24-25(17)20)13-3-5-14(21)6-4-13/h3-10H,1-2H3,(H,23,26). The number of benzene rings is 2. The van der Waals surface area contributed by atoms with E-state index in [0.29, 0.717) is 16.4 Å². The Kier molecular flexibility index (Phi) is 3.89. The normalized spacial score (nSPS) is 11.2. The monoisotopic (exact) mass is 367 g/mol. The molecule has 0 saturated carbocycles. The number of aromatic amines is 1. The highest BCUT2D eigenvalue weighted by Gasteiger charge is 2.17. The Morgan fingerprint density at radius 1 is 1.08 bits per heavy atom. The average Bonchev–Trinajstić information content (AvgIpc) is 2.91. The van der Waals surface area contributed by atoms with Gasteiger partial charge in [-0.2, -0.15) is 5.10 Å². The number of nitrogens with one attached hydrogen (secondary N) is 1. The van der Waals surface area contributed by atoms with Crippen molar-refractivity contribution in [2.24, 2.45) is 0 Å². The third-order valence-corrected chi connectivity index (χ3v) is 4.65. The fourth-order valence-electron chi connectivity index (χ4n) is 3.22. The van der Waals surface area contributed by atoms with E-state index in [0.717, 1.165) is 27.9 Å². The zero-order chi connectivity index (χ0) is 18.4. The second kappa shape index (κ2) is 6.11. The summed E-state index contributed by atoms with van der Waals surface area (Å²) in [5.41, 5.74) is 4.97. The first-order valence-electron chi connectivity index (χ1n) is 8.09. The maximum atomic E-state index is 13.5. The van der Waals surface area contributed by atoms with Gasteiger partial charge in [-0.15, -0.1) is 0 Å². The Bertz CT molecular complexity index is 1190. The van der Waals surface area contributed by atoms with Crippen molar-refractivity contribution in [3.8, 4) is 22.4 Å². The molecule has 0 saturated heterocycles. The molecule has 2 heterocycles. The first-order valence-corrected chi connectivity index (χ1v) is 8.47. The summed E-state index contributed by atoms with van der Waals surface area (Å²) in [5.74, 6) is -0.314. The van der Waals surface area contributed by atoms with Gasteiger partial charge in [-0.25, -0.2) is 8.91 Å². The predicted octanol–water partition coefficient (Wildman–Crippen LogP) is 4.77. The fraction of sp³-hybridized carbons (Fsp3) is 0.100. The summed E-state index contributed by atoms with van der Waals surface area (Å²) in [6, 6.07) is 13.3. The first-order chi connectivity index (χ1) is 12.4. The topological polar surface area (TPSA) is 50.2 Å². The SMILES string of the molecule is Cc1cc(F)ccc1-c1cc(=O)[nH]c2c(-c3ccc(Cl)cc3)c(C)nn12. The third kappa shape index (κ3) is 2.70. The Labute approximate surface area is 153 Å². The van der Waals surface area contributed by atoms with Crippen molar-refractivity contribution in [2.75, 3.05) is 0 Å².